The normalized spacial score (nSPS) is 16.8. The van der Waals surface area contributed by atoms with Gasteiger partial charge in [0.25, 0.3) is 5.91 Å². The van der Waals surface area contributed by atoms with Crippen LogP contribution in [-0.4, -0.2) is 29.7 Å². The molecule has 1 amide bonds. The van der Waals surface area contributed by atoms with Gasteiger partial charge in [0.2, 0.25) is 10.0 Å². The molecule has 2 heterocycles. The van der Waals surface area contributed by atoms with E-state index in [0.717, 1.165) is 41.8 Å². The minimum atomic E-state index is -3.84. The average molecular weight is 440 g/mol. The molecule has 6 nitrogen and oxygen atoms in total. The summed E-state index contributed by atoms with van der Waals surface area (Å²) in [6, 6.07) is 14.6. The standard InChI is InChI=1S/C23H22FN3O3S/c24-17-8-10-18(11-9-17)31(29,30)26-12-13-27-19(14-26)21(23(25)28)20(15-6-7-15)22(27)16-4-2-1-3-5-16/h1-5,8-11,15H,6-7,12-14H2,(H2,25,28). The van der Waals surface area contributed by atoms with Crippen molar-refractivity contribution >= 4 is 15.9 Å². The van der Waals surface area contributed by atoms with E-state index in [0.29, 0.717) is 17.8 Å². The Labute approximate surface area is 180 Å². The SMILES string of the molecule is NC(=O)c1c(C2CC2)c(-c2ccccc2)n2c1CN(S(=O)(=O)c1ccc(F)cc1)CC2. The van der Waals surface area contributed by atoms with E-state index in [4.69, 9.17) is 5.73 Å². The zero-order valence-electron chi connectivity index (χ0n) is 16.8. The van der Waals surface area contributed by atoms with Crippen molar-refractivity contribution in [3.05, 3.63) is 77.2 Å². The predicted molar refractivity (Wildman–Crippen MR) is 114 cm³/mol. The topological polar surface area (TPSA) is 85.4 Å². The molecule has 0 saturated heterocycles. The third-order valence-corrected chi connectivity index (χ3v) is 7.90. The van der Waals surface area contributed by atoms with Crippen LogP contribution in [0.25, 0.3) is 11.3 Å². The Balaban J connectivity index is 1.63. The predicted octanol–water partition coefficient (Wildman–Crippen LogP) is 3.48. The molecule has 0 radical (unpaired) electrons. The molecule has 1 fully saturated rings. The molecule has 0 bridgehead atoms. The first-order valence-electron chi connectivity index (χ1n) is 10.2. The van der Waals surface area contributed by atoms with Crippen molar-refractivity contribution in [2.45, 2.75) is 36.7 Å². The van der Waals surface area contributed by atoms with E-state index in [1.165, 1.54) is 16.4 Å². The molecule has 160 valence electrons. The van der Waals surface area contributed by atoms with Gasteiger partial charge >= 0.3 is 0 Å². The summed E-state index contributed by atoms with van der Waals surface area (Å²) in [6.45, 7) is 0.709. The van der Waals surface area contributed by atoms with Crippen molar-refractivity contribution in [2.24, 2.45) is 5.73 Å². The van der Waals surface area contributed by atoms with Gasteiger partial charge in [-0.2, -0.15) is 4.31 Å². The molecule has 2 N–H and O–H groups in total. The largest absolute Gasteiger partial charge is 0.366 e. The second-order valence-corrected chi connectivity index (χ2v) is 9.97. The summed E-state index contributed by atoms with van der Waals surface area (Å²) in [4.78, 5) is 12.6. The van der Waals surface area contributed by atoms with Gasteiger partial charge in [0.1, 0.15) is 5.82 Å². The lowest BCUT2D eigenvalue weighted by molar-refractivity contribution is 0.0997. The average Bonchev–Trinajstić information content (AvgIpc) is 3.54. The Bertz CT molecular complexity index is 1260. The molecule has 31 heavy (non-hydrogen) atoms. The van der Waals surface area contributed by atoms with E-state index < -0.39 is 21.7 Å². The van der Waals surface area contributed by atoms with Gasteiger partial charge in [0.05, 0.1) is 22.7 Å². The quantitative estimate of drug-likeness (QED) is 0.661. The van der Waals surface area contributed by atoms with Crippen LogP contribution in [0.2, 0.25) is 0 Å². The summed E-state index contributed by atoms with van der Waals surface area (Å²) in [7, 11) is -3.84. The number of sulfonamides is 1. The number of benzene rings is 2. The van der Waals surface area contributed by atoms with Crippen LogP contribution in [0.15, 0.2) is 59.5 Å². The smallest absolute Gasteiger partial charge is 0.250 e. The van der Waals surface area contributed by atoms with Crippen LogP contribution in [0.4, 0.5) is 4.39 Å². The number of nitrogens with two attached hydrogens (primary N) is 1. The molecule has 0 spiro atoms. The van der Waals surface area contributed by atoms with Gasteiger partial charge in [0, 0.05) is 18.8 Å². The molecule has 2 aliphatic rings. The van der Waals surface area contributed by atoms with Crippen molar-refractivity contribution in [1.82, 2.24) is 8.87 Å². The summed E-state index contributed by atoms with van der Waals surface area (Å²) in [6.07, 6.45) is 1.97. The highest BCUT2D eigenvalue weighted by molar-refractivity contribution is 7.89. The Kier molecular flexibility index (Phi) is 4.71. The summed E-state index contributed by atoms with van der Waals surface area (Å²) >= 11 is 0. The Morgan fingerprint density at radius 3 is 2.29 bits per heavy atom. The molecule has 2 aromatic carbocycles. The molecular weight excluding hydrogens is 417 g/mol. The molecule has 8 heteroatoms. The Hall–Kier alpha value is -2.97. The summed E-state index contributed by atoms with van der Waals surface area (Å²) < 4.78 is 43.0. The molecule has 1 aromatic heterocycles. The molecule has 0 unspecified atom stereocenters. The monoisotopic (exact) mass is 439 g/mol. The number of carbonyl (C=O) groups excluding carboxylic acids is 1. The van der Waals surface area contributed by atoms with Crippen molar-refractivity contribution < 1.29 is 17.6 Å². The van der Waals surface area contributed by atoms with Gasteiger partial charge < -0.3 is 10.3 Å². The molecule has 3 aromatic rings. The van der Waals surface area contributed by atoms with Crippen LogP contribution in [0.1, 0.15) is 40.4 Å². The molecule has 0 atom stereocenters. The second kappa shape index (κ2) is 7.32. The van der Waals surface area contributed by atoms with Crippen LogP contribution >= 0.6 is 0 Å². The number of halogens is 1. The summed E-state index contributed by atoms with van der Waals surface area (Å²) in [5.41, 5.74) is 9.79. The number of carbonyl (C=O) groups is 1. The first-order valence-corrected chi connectivity index (χ1v) is 11.7. The maximum atomic E-state index is 13.3. The van der Waals surface area contributed by atoms with Gasteiger partial charge in [-0.05, 0) is 54.2 Å². The molecule has 1 saturated carbocycles. The zero-order chi connectivity index (χ0) is 21.8. The van der Waals surface area contributed by atoms with Crippen LogP contribution in [-0.2, 0) is 23.1 Å². The van der Waals surface area contributed by atoms with E-state index in [9.17, 15) is 17.6 Å². The number of fused-ring (bicyclic) bond motifs is 1. The third-order valence-electron chi connectivity index (χ3n) is 6.04. The number of aromatic nitrogens is 1. The fourth-order valence-electron chi connectivity index (χ4n) is 4.47. The van der Waals surface area contributed by atoms with Crippen LogP contribution in [0.3, 0.4) is 0 Å². The summed E-state index contributed by atoms with van der Waals surface area (Å²) in [5, 5.41) is 0. The van der Waals surface area contributed by atoms with Gasteiger partial charge in [-0.25, -0.2) is 12.8 Å². The minimum absolute atomic E-state index is 0.0280. The first-order chi connectivity index (χ1) is 14.9. The lowest BCUT2D eigenvalue weighted by atomic mass is 9.99. The number of nitrogens with zero attached hydrogens (tertiary/aromatic N) is 2. The fourth-order valence-corrected chi connectivity index (χ4v) is 5.86. The first kappa shape index (κ1) is 20.0. The van der Waals surface area contributed by atoms with Gasteiger partial charge in [-0.1, -0.05) is 30.3 Å². The zero-order valence-corrected chi connectivity index (χ0v) is 17.6. The lowest BCUT2D eigenvalue weighted by Crippen LogP contribution is -2.39. The van der Waals surface area contributed by atoms with E-state index in [1.54, 1.807) is 0 Å². The molecule has 5 rings (SSSR count). The number of hydrogen-bond donors (Lipinski definition) is 1. The number of primary amides is 1. The van der Waals surface area contributed by atoms with Crippen molar-refractivity contribution in [1.29, 1.82) is 0 Å². The highest BCUT2D eigenvalue weighted by Gasteiger charge is 2.39. The Morgan fingerprint density at radius 2 is 1.68 bits per heavy atom. The van der Waals surface area contributed by atoms with Crippen molar-refractivity contribution in [3.63, 3.8) is 0 Å². The maximum absolute atomic E-state index is 13.3. The highest BCUT2D eigenvalue weighted by atomic mass is 32.2. The van der Waals surface area contributed by atoms with Crippen molar-refractivity contribution in [3.8, 4) is 11.3 Å². The van der Waals surface area contributed by atoms with Crippen LogP contribution in [0, 0.1) is 5.82 Å². The summed E-state index contributed by atoms with van der Waals surface area (Å²) in [5.74, 6) is -0.768. The van der Waals surface area contributed by atoms with E-state index in [1.807, 2.05) is 30.3 Å². The highest BCUT2D eigenvalue weighted by Crippen LogP contribution is 2.49. The minimum Gasteiger partial charge on any atom is -0.366 e. The van der Waals surface area contributed by atoms with E-state index in [-0.39, 0.29) is 23.9 Å². The van der Waals surface area contributed by atoms with E-state index >= 15 is 0 Å². The second-order valence-electron chi connectivity index (χ2n) is 8.03. The molecule has 1 aliphatic carbocycles. The Morgan fingerprint density at radius 1 is 1.00 bits per heavy atom. The van der Waals surface area contributed by atoms with E-state index in [2.05, 4.69) is 4.57 Å². The van der Waals surface area contributed by atoms with Crippen molar-refractivity contribution in [2.75, 3.05) is 6.54 Å². The molecular formula is C23H22FN3O3S. The lowest BCUT2D eigenvalue weighted by Gasteiger charge is -2.29. The number of rotatable bonds is 5. The van der Waals surface area contributed by atoms with Gasteiger partial charge in [-0.15, -0.1) is 0 Å². The third kappa shape index (κ3) is 3.36. The number of hydrogen-bond acceptors (Lipinski definition) is 3. The molecule has 1 aliphatic heterocycles. The fraction of sp³-hybridized carbons (Fsp3) is 0.261. The maximum Gasteiger partial charge on any atom is 0.250 e. The number of amides is 1. The van der Waals surface area contributed by atoms with Gasteiger partial charge in [-0.3, -0.25) is 4.79 Å². The van der Waals surface area contributed by atoms with Gasteiger partial charge in [0.15, 0.2) is 0 Å². The van der Waals surface area contributed by atoms with Crippen LogP contribution < -0.4 is 5.73 Å². The van der Waals surface area contributed by atoms with Crippen LogP contribution in [0.5, 0.6) is 0 Å².